The van der Waals surface area contributed by atoms with Crippen molar-refractivity contribution in [1.29, 1.82) is 0 Å². The molecule has 3 nitrogen and oxygen atoms in total. The number of halogens is 1. The summed E-state index contributed by atoms with van der Waals surface area (Å²) in [6.07, 6.45) is 0. The number of aromatic nitrogens is 1. The van der Waals surface area contributed by atoms with Gasteiger partial charge in [0.1, 0.15) is 5.82 Å². The molecule has 112 valence electrons. The molecule has 0 amide bonds. The zero-order valence-electron chi connectivity index (χ0n) is 12.5. The van der Waals surface area contributed by atoms with E-state index in [0.29, 0.717) is 11.1 Å². The molecule has 0 atom stereocenters. The lowest BCUT2D eigenvalue weighted by molar-refractivity contribution is 0.273. The van der Waals surface area contributed by atoms with Crippen LogP contribution in [0.15, 0.2) is 24.3 Å². The van der Waals surface area contributed by atoms with E-state index in [-0.39, 0.29) is 24.9 Å². The summed E-state index contributed by atoms with van der Waals surface area (Å²) in [7, 11) is 0. The molecule has 0 aliphatic heterocycles. The van der Waals surface area contributed by atoms with Gasteiger partial charge in [0.2, 0.25) is 0 Å². The molecule has 0 radical (unpaired) electrons. The van der Waals surface area contributed by atoms with Gasteiger partial charge in [-0.25, -0.2) is 4.39 Å². The molecule has 1 heterocycles. The number of aliphatic hydroxyl groups excluding tert-OH is 2. The third-order valence-electron chi connectivity index (χ3n) is 3.63. The van der Waals surface area contributed by atoms with E-state index in [1.165, 1.54) is 12.1 Å². The summed E-state index contributed by atoms with van der Waals surface area (Å²) in [5.74, 6) is -0.164. The lowest BCUT2D eigenvalue weighted by Gasteiger charge is -2.20. The number of benzene rings is 1. The van der Waals surface area contributed by atoms with Gasteiger partial charge in [-0.2, -0.15) is 0 Å². The van der Waals surface area contributed by atoms with E-state index in [1.54, 1.807) is 12.1 Å². The molecular weight excluding hydrogens is 269 g/mol. The van der Waals surface area contributed by atoms with Crippen LogP contribution in [0.5, 0.6) is 0 Å². The van der Waals surface area contributed by atoms with Gasteiger partial charge >= 0.3 is 0 Å². The highest BCUT2D eigenvalue weighted by Crippen LogP contribution is 2.34. The van der Waals surface area contributed by atoms with E-state index < -0.39 is 0 Å². The molecule has 0 aliphatic carbocycles. The molecule has 0 bridgehead atoms. The summed E-state index contributed by atoms with van der Waals surface area (Å²) in [4.78, 5) is 4.52. The Hall–Kier alpha value is -1.78. The Bertz CT molecular complexity index is 636. The lowest BCUT2D eigenvalue weighted by atomic mass is 9.90. The number of aryl methyl sites for hydroxylation is 1. The molecule has 1 aromatic heterocycles. The standard InChI is InChI=1S/C17H20FNO2/c1-10(2)17-15(9-21)16(14(8-20)11(3)19-17)12-4-6-13(18)7-5-12/h4-7,10,20-21H,8-9H2,1-3H3. The summed E-state index contributed by atoms with van der Waals surface area (Å²) < 4.78 is 13.1. The zero-order chi connectivity index (χ0) is 15.6. The zero-order valence-corrected chi connectivity index (χ0v) is 12.5. The number of hydrogen-bond acceptors (Lipinski definition) is 3. The van der Waals surface area contributed by atoms with Crippen LogP contribution in [0.3, 0.4) is 0 Å². The maximum absolute atomic E-state index is 13.1. The highest BCUT2D eigenvalue weighted by Gasteiger charge is 2.19. The lowest BCUT2D eigenvalue weighted by Crippen LogP contribution is -2.09. The number of hydrogen-bond donors (Lipinski definition) is 2. The predicted octanol–water partition coefficient (Wildman–Crippen LogP) is 3.30. The fourth-order valence-corrected chi connectivity index (χ4v) is 2.60. The average molecular weight is 289 g/mol. The van der Waals surface area contributed by atoms with Gasteiger partial charge < -0.3 is 10.2 Å². The SMILES string of the molecule is Cc1nc(C(C)C)c(CO)c(-c2ccc(F)cc2)c1CO. The molecule has 4 heteroatoms. The maximum Gasteiger partial charge on any atom is 0.123 e. The van der Waals surface area contributed by atoms with Crippen LogP contribution in [0, 0.1) is 12.7 Å². The number of pyridine rings is 1. The second-order valence-electron chi connectivity index (χ2n) is 5.39. The van der Waals surface area contributed by atoms with Crippen molar-refractivity contribution in [2.75, 3.05) is 0 Å². The summed E-state index contributed by atoms with van der Waals surface area (Å²) in [6, 6.07) is 6.07. The van der Waals surface area contributed by atoms with Gasteiger partial charge in [0.25, 0.3) is 0 Å². The van der Waals surface area contributed by atoms with Crippen molar-refractivity contribution in [2.24, 2.45) is 0 Å². The van der Waals surface area contributed by atoms with Crippen molar-refractivity contribution in [2.45, 2.75) is 39.9 Å². The first-order chi connectivity index (χ1) is 9.99. The van der Waals surface area contributed by atoms with Crippen LogP contribution in [0.2, 0.25) is 0 Å². The Morgan fingerprint density at radius 3 is 2.10 bits per heavy atom. The molecule has 2 N–H and O–H groups in total. The van der Waals surface area contributed by atoms with Gasteiger partial charge in [-0.3, -0.25) is 4.98 Å². The Labute approximate surface area is 124 Å². The van der Waals surface area contributed by atoms with Crippen LogP contribution in [0.1, 0.15) is 42.3 Å². The topological polar surface area (TPSA) is 53.4 Å². The van der Waals surface area contributed by atoms with Crippen molar-refractivity contribution in [3.8, 4) is 11.1 Å². The highest BCUT2D eigenvalue weighted by molar-refractivity contribution is 5.72. The Balaban J connectivity index is 2.79. The van der Waals surface area contributed by atoms with Gasteiger partial charge in [-0.05, 0) is 36.1 Å². The summed E-state index contributed by atoms with van der Waals surface area (Å²) >= 11 is 0. The van der Waals surface area contributed by atoms with Gasteiger partial charge in [-0.15, -0.1) is 0 Å². The van der Waals surface area contributed by atoms with E-state index in [0.717, 1.165) is 22.5 Å². The quantitative estimate of drug-likeness (QED) is 0.908. The molecule has 21 heavy (non-hydrogen) atoms. The smallest absolute Gasteiger partial charge is 0.123 e. The molecule has 1 aromatic carbocycles. The second kappa shape index (κ2) is 6.33. The molecule has 0 spiro atoms. The molecule has 0 fully saturated rings. The van der Waals surface area contributed by atoms with Crippen molar-refractivity contribution < 1.29 is 14.6 Å². The minimum atomic E-state index is -0.315. The molecule has 2 rings (SSSR count). The van der Waals surface area contributed by atoms with Gasteiger partial charge in [0.15, 0.2) is 0 Å². The number of aliphatic hydroxyl groups is 2. The van der Waals surface area contributed by atoms with Crippen molar-refractivity contribution >= 4 is 0 Å². The van der Waals surface area contributed by atoms with Crippen LogP contribution in [0.4, 0.5) is 4.39 Å². The van der Waals surface area contributed by atoms with Gasteiger partial charge in [0.05, 0.1) is 13.2 Å². The fourth-order valence-electron chi connectivity index (χ4n) is 2.60. The average Bonchev–Trinajstić information content (AvgIpc) is 2.46. The van der Waals surface area contributed by atoms with E-state index in [2.05, 4.69) is 4.98 Å². The Morgan fingerprint density at radius 2 is 1.62 bits per heavy atom. The van der Waals surface area contributed by atoms with Crippen LogP contribution < -0.4 is 0 Å². The van der Waals surface area contributed by atoms with E-state index in [4.69, 9.17) is 0 Å². The molecule has 0 aliphatic rings. The highest BCUT2D eigenvalue weighted by atomic mass is 19.1. The first kappa shape index (κ1) is 15.6. The van der Waals surface area contributed by atoms with Gasteiger partial charge in [0, 0.05) is 22.5 Å². The predicted molar refractivity (Wildman–Crippen MR) is 80.3 cm³/mol. The summed E-state index contributed by atoms with van der Waals surface area (Å²) in [5.41, 5.74) is 4.46. The number of nitrogens with zero attached hydrogens (tertiary/aromatic N) is 1. The molecule has 0 saturated carbocycles. The second-order valence-corrected chi connectivity index (χ2v) is 5.39. The number of rotatable bonds is 4. The molecule has 0 saturated heterocycles. The third kappa shape index (κ3) is 2.96. The largest absolute Gasteiger partial charge is 0.392 e. The van der Waals surface area contributed by atoms with Crippen LogP contribution >= 0.6 is 0 Å². The Morgan fingerprint density at radius 1 is 1.05 bits per heavy atom. The third-order valence-corrected chi connectivity index (χ3v) is 3.63. The molecule has 2 aromatic rings. The van der Waals surface area contributed by atoms with E-state index in [9.17, 15) is 14.6 Å². The van der Waals surface area contributed by atoms with Crippen LogP contribution in [0.25, 0.3) is 11.1 Å². The first-order valence-corrected chi connectivity index (χ1v) is 6.99. The molecule has 0 unspecified atom stereocenters. The Kier molecular flexibility index (Phi) is 4.70. The maximum atomic E-state index is 13.1. The van der Waals surface area contributed by atoms with Gasteiger partial charge in [-0.1, -0.05) is 26.0 Å². The minimum absolute atomic E-state index is 0.151. The van der Waals surface area contributed by atoms with Crippen molar-refractivity contribution in [3.63, 3.8) is 0 Å². The summed E-state index contributed by atoms with van der Waals surface area (Å²) in [6.45, 7) is 5.52. The van der Waals surface area contributed by atoms with E-state index >= 15 is 0 Å². The molecular formula is C17H20FNO2. The minimum Gasteiger partial charge on any atom is -0.392 e. The fraction of sp³-hybridized carbons (Fsp3) is 0.353. The first-order valence-electron chi connectivity index (χ1n) is 6.99. The monoisotopic (exact) mass is 289 g/mol. The summed E-state index contributed by atoms with van der Waals surface area (Å²) in [5, 5.41) is 19.4. The van der Waals surface area contributed by atoms with E-state index in [1.807, 2.05) is 20.8 Å². The van der Waals surface area contributed by atoms with Crippen molar-refractivity contribution in [3.05, 3.63) is 52.6 Å². The van der Waals surface area contributed by atoms with Crippen LogP contribution in [-0.4, -0.2) is 15.2 Å². The normalized spacial score (nSPS) is 11.2. The van der Waals surface area contributed by atoms with Crippen molar-refractivity contribution in [1.82, 2.24) is 4.98 Å². The van der Waals surface area contributed by atoms with Crippen LogP contribution in [-0.2, 0) is 13.2 Å².